The number of allylic oxidation sites excluding steroid dienone is 1. The fourth-order valence-electron chi connectivity index (χ4n) is 3.95. The largest absolute Gasteiger partial charge is 0.489 e. The number of ether oxygens (including phenoxy) is 3. The summed E-state index contributed by atoms with van der Waals surface area (Å²) < 4.78 is 17.2. The molecule has 4 aromatic rings. The highest BCUT2D eigenvalue weighted by Crippen LogP contribution is 2.44. The van der Waals surface area contributed by atoms with Crippen LogP contribution in [0.1, 0.15) is 32.3 Å². The second-order valence-electron chi connectivity index (χ2n) is 7.94. The molecule has 8 heteroatoms. The van der Waals surface area contributed by atoms with E-state index in [-0.39, 0.29) is 11.5 Å². The van der Waals surface area contributed by atoms with Crippen LogP contribution in [0.4, 0.5) is 0 Å². The Bertz CT molecular complexity index is 1510. The Kier molecular flexibility index (Phi) is 6.63. The van der Waals surface area contributed by atoms with Crippen LogP contribution in [0.25, 0.3) is 0 Å². The molecular weight excluding hydrogens is 496 g/mol. The molecule has 3 aromatic carbocycles. The van der Waals surface area contributed by atoms with E-state index in [1.54, 1.807) is 35.7 Å². The Morgan fingerprint density at radius 3 is 2.69 bits per heavy atom. The highest BCUT2D eigenvalue weighted by Gasteiger charge is 2.31. The van der Waals surface area contributed by atoms with E-state index >= 15 is 0 Å². The van der Waals surface area contributed by atoms with Gasteiger partial charge in [0.15, 0.2) is 0 Å². The van der Waals surface area contributed by atoms with E-state index in [9.17, 15) is 10.1 Å². The normalized spacial score (nSPS) is 14.4. The summed E-state index contributed by atoms with van der Waals surface area (Å²) in [5.74, 6) is 0.412. The van der Waals surface area contributed by atoms with Crippen LogP contribution in [0.5, 0.6) is 17.2 Å². The molecular formula is C28H19ClN2O4S. The molecule has 1 aliphatic heterocycles. The molecule has 0 amide bonds. The Balaban J connectivity index is 1.44. The number of benzene rings is 3. The summed E-state index contributed by atoms with van der Waals surface area (Å²) in [5.41, 5.74) is 8.81. The molecule has 0 radical (unpaired) electrons. The minimum Gasteiger partial charge on any atom is -0.489 e. The van der Waals surface area contributed by atoms with Crippen molar-refractivity contribution in [3.63, 3.8) is 0 Å². The number of nitriles is 1. The van der Waals surface area contributed by atoms with Crippen molar-refractivity contribution in [3.8, 4) is 23.3 Å². The maximum Gasteiger partial charge on any atom is 0.353 e. The third-order valence-corrected chi connectivity index (χ3v) is 6.89. The van der Waals surface area contributed by atoms with Gasteiger partial charge >= 0.3 is 5.97 Å². The zero-order valence-electron chi connectivity index (χ0n) is 18.8. The van der Waals surface area contributed by atoms with Crippen LogP contribution in [-0.2, 0) is 6.61 Å². The summed E-state index contributed by atoms with van der Waals surface area (Å²) in [5, 5.41) is 12.3. The van der Waals surface area contributed by atoms with Crippen molar-refractivity contribution in [1.82, 2.24) is 0 Å². The molecule has 0 aliphatic carbocycles. The van der Waals surface area contributed by atoms with Crippen LogP contribution >= 0.6 is 22.9 Å². The number of carbonyl (C=O) groups excluding carboxylic acids is 1. The van der Waals surface area contributed by atoms with Crippen molar-refractivity contribution in [1.29, 1.82) is 5.26 Å². The molecule has 0 spiro atoms. The van der Waals surface area contributed by atoms with E-state index in [0.717, 1.165) is 16.7 Å². The van der Waals surface area contributed by atoms with E-state index < -0.39 is 11.9 Å². The maximum atomic E-state index is 12.4. The molecule has 0 bridgehead atoms. The molecule has 0 saturated carbocycles. The summed E-state index contributed by atoms with van der Waals surface area (Å²) in [6.45, 7) is 0.301. The van der Waals surface area contributed by atoms with Gasteiger partial charge in [-0.2, -0.15) is 5.26 Å². The Morgan fingerprint density at radius 1 is 1.06 bits per heavy atom. The Morgan fingerprint density at radius 2 is 1.92 bits per heavy atom. The number of fused-ring (bicyclic) bond motifs is 1. The summed E-state index contributed by atoms with van der Waals surface area (Å²) >= 11 is 7.54. The van der Waals surface area contributed by atoms with Gasteiger partial charge in [-0.3, -0.25) is 0 Å². The molecule has 1 aromatic heterocycles. The van der Waals surface area contributed by atoms with E-state index in [1.807, 2.05) is 48.5 Å². The highest BCUT2D eigenvalue weighted by molar-refractivity contribution is 7.12. The van der Waals surface area contributed by atoms with Crippen molar-refractivity contribution < 1.29 is 19.0 Å². The lowest BCUT2D eigenvalue weighted by molar-refractivity contribution is 0.0739. The SMILES string of the molecule is N#CC1=C(N)Oc2cc(OC(=O)c3cccs3)ccc2C1c1cccc(OCc2ccccc2Cl)c1. The number of hydrogen-bond acceptors (Lipinski definition) is 7. The van der Waals surface area contributed by atoms with Crippen molar-refractivity contribution in [2.75, 3.05) is 0 Å². The van der Waals surface area contributed by atoms with Crippen LogP contribution in [0, 0.1) is 11.3 Å². The highest BCUT2D eigenvalue weighted by atomic mass is 35.5. The molecule has 2 heterocycles. The fourth-order valence-corrected chi connectivity index (χ4v) is 4.74. The van der Waals surface area contributed by atoms with Gasteiger partial charge in [0.05, 0.1) is 5.92 Å². The second kappa shape index (κ2) is 10.2. The summed E-state index contributed by atoms with van der Waals surface area (Å²) in [6.07, 6.45) is 0. The fraction of sp³-hybridized carbons (Fsp3) is 0.0714. The van der Waals surface area contributed by atoms with E-state index in [1.165, 1.54) is 11.3 Å². The molecule has 6 nitrogen and oxygen atoms in total. The van der Waals surface area contributed by atoms with Gasteiger partial charge in [-0.1, -0.05) is 54.1 Å². The number of nitrogens with zero attached hydrogens (tertiary/aromatic N) is 1. The summed E-state index contributed by atoms with van der Waals surface area (Å²) in [6, 6.07) is 25.7. The lowest BCUT2D eigenvalue weighted by atomic mass is 9.83. The number of halogens is 1. The van der Waals surface area contributed by atoms with Gasteiger partial charge in [0.1, 0.15) is 40.4 Å². The average molecular weight is 515 g/mol. The zero-order chi connectivity index (χ0) is 25.1. The molecule has 0 saturated heterocycles. The molecule has 5 rings (SSSR count). The van der Waals surface area contributed by atoms with Gasteiger partial charge in [-0.25, -0.2) is 4.79 Å². The van der Waals surface area contributed by atoms with E-state index in [2.05, 4.69) is 6.07 Å². The average Bonchev–Trinajstić information content (AvgIpc) is 3.43. The monoisotopic (exact) mass is 514 g/mol. The number of nitrogens with two attached hydrogens (primary N) is 1. The van der Waals surface area contributed by atoms with E-state index in [4.69, 9.17) is 31.5 Å². The van der Waals surface area contributed by atoms with Crippen molar-refractivity contribution in [3.05, 3.63) is 122 Å². The maximum absolute atomic E-state index is 12.4. The second-order valence-corrected chi connectivity index (χ2v) is 9.30. The standard InChI is InChI=1S/C28H19ClN2O4S/c29-23-8-2-1-5-18(23)16-33-19-7-3-6-17(13-19)26-21-11-10-20(34-28(32)25-9-4-12-36-25)14-24(21)35-27(31)22(26)15-30/h1-14,26H,16,31H2. The van der Waals surface area contributed by atoms with Gasteiger partial charge in [0.2, 0.25) is 5.88 Å². The van der Waals surface area contributed by atoms with E-state index in [0.29, 0.717) is 33.8 Å². The number of thiophene rings is 1. The Labute approximate surface area is 216 Å². The van der Waals surface area contributed by atoms with Crippen LogP contribution in [0.15, 0.2) is 95.7 Å². The van der Waals surface area contributed by atoms with Crippen LogP contribution in [0.2, 0.25) is 5.02 Å². The first kappa shape index (κ1) is 23.5. The molecule has 1 unspecified atom stereocenters. The zero-order valence-corrected chi connectivity index (χ0v) is 20.4. The molecule has 178 valence electrons. The van der Waals surface area contributed by atoms with Gasteiger partial charge in [-0.05, 0) is 41.3 Å². The number of hydrogen-bond donors (Lipinski definition) is 1. The topological polar surface area (TPSA) is 94.6 Å². The van der Waals surface area contributed by atoms with Crippen LogP contribution in [0.3, 0.4) is 0 Å². The molecule has 1 aliphatic rings. The summed E-state index contributed by atoms with van der Waals surface area (Å²) in [7, 11) is 0. The smallest absolute Gasteiger partial charge is 0.353 e. The Hall–Kier alpha value is -4.25. The first-order valence-electron chi connectivity index (χ1n) is 11.0. The number of carbonyl (C=O) groups is 1. The summed E-state index contributed by atoms with van der Waals surface area (Å²) in [4.78, 5) is 12.9. The lowest BCUT2D eigenvalue weighted by Crippen LogP contribution is -2.21. The number of rotatable bonds is 6. The predicted octanol–water partition coefficient (Wildman–Crippen LogP) is 6.42. The van der Waals surface area contributed by atoms with Crippen LogP contribution in [-0.4, -0.2) is 5.97 Å². The van der Waals surface area contributed by atoms with Gasteiger partial charge in [0, 0.05) is 22.2 Å². The van der Waals surface area contributed by atoms with Crippen molar-refractivity contribution in [2.45, 2.75) is 12.5 Å². The third kappa shape index (κ3) is 4.78. The molecule has 36 heavy (non-hydrogen) atoms. The first-order valence-corrected chi connectivity index (χ1v) is 12.2. The lowest BCUT2D eigenvalue weighted by Gasteiger charge is -2.27. The molecule has 2 N–H and O–H groups in total. The molecule has 0 fully saturated rings. The van der Waals surface area contributed by atoms with Crippen molar-refractivity contribution in [2.24, 2.45) is 5.73 Å². The minimum atomic E-state index is -0.482. The van der Waals surface area contributed by atoms with Gasteiger partial charge < -0.3 is 19.9 Å². The number of esters is 1. The molecule has 1 atom stereocenters. The predicted molar refractivity (Wildman–Crippen MR) is 137 cm³/mol. The van der Waals surface area contributed by atoms with Crippen molar-refractivity contribution >= 4 is 28.9 Å². The first-order chi connectivity index (χ1) is 17.5. The third-order valence-electron chi connectivity index (χ3n) is 5.67. The minimum absolute atomic E-state index is 0.000813. The van der Waals surface area contributed by atoms with Gasteiger partial charge in [0.25, 0.3) is 0 Å². The van der Waals surface area contributed by atoms with Gasteiger partial charge in [-0.15, -0.1) is 11.3 Å². The van der Waals surface area contributed by atoms with Crippen LogP contribution < -0.4 is 19.9 Å². The quantitative estimate of drug-likeness (QED) is 0.236.